The summed E-state index contributed by atoms with van der Waals surface area (Å²) >= 11 is 3.44. The maximum absolute atomic E-state index is 9.48. The molecule has 0 amide bonds. The second-order valence-electron chi connectivity index (χ2n) is 6.32. The Kier molecular flexibility index (Phi) is 9.20. The zero-order chi connectivity index (χ0) is 21.0. The zero-order valence-corrected chi connectivity index (χ0v) is 17.6. The second kappa shape index (κ2) is 11.1. The number of nitrogens with two attached hydrogens (primary N) is 1. The summed E-state index contributed by atoms with van der Waals surface area (Å²) in [6, 6.07) is 17.9. The first-order chi connectivity index (χ1) is 13.9. The normalized spacial score (nSPS) is 9.65. The average Bonchev–Trinajstić information content (AvgIpc) is 2.97. The quantitative estimate of drug-likeness (QED) is 0.177. The van der Waals surface area contributed by atoms with E-state index in [0.29, 0.717) is 5.69 Å². The van der Waals surface area contributed by atoms with Crippen molar-refractivity contribution >= 4 is 50.0 Å². The van der Waals surface area contributed by atoms with Gasteiger partial charge in [-0.1, -0.05) is 36.8 Å². The van der Waals surface area contributed by atoms with E-state index >= 15 is 0 Å². The Balaban J connectivity index is 0.000000345. The van der Waals surface area contributed by atoms with Crippen LogP contribution in [0.15, 0.2) is 65.1 Å². The third-order valence-corrected chi connectivity index (χ3v) is 4.74. The summed E-state index contributed by atoms with van der Waals surface area (Å²) in [5, 5.41) is 24.6. The molecule has 6 N–H and O–H groups in total. The van der Waals surface area contributed by atoms with Gasteiger partial charge >= 0.3 is 0 Å². The van der Waals surface area contributed by atoms with Crippen LogP contribution >= 0.6 is 15.9 Å². The molecule has 0 bridgehead atoms. The summed E-state index contributed by atoms with van der Waals surface area (Å²) in [7, 11) is 3.72. The number of benzene rings is 3. The van der Waals surface area contributed by atoms with Crippen molar-refractivity contribution in [3.05, 3.63) is 65.1 Å². The number of nitrogens with zero attached hydrogens (tertiary/aromatic N) is 2. The highest BCUT2D eigenvalue weighted by molar-refractivity contribution is 9.10. The summed E-state index contributed by atoms with van der Waals surface area (Å²) in [6.07, 6.45) is 0. The number of anilines is 4. The van der Waals surface area contributed by atoms with E-state index in [2.05, 4.69) is 31.5 Å². The number of fused-ring (bicyclic) bond motifs is 1. The maximum Gasteiger partial charge on any atom is 0.208 e. The van der Waals surface area contributed by atoms with Gasteiger partial charge in [0.1, 0.15) is 11.5 Å². The summed E-state index contributed by atoms with van der Waals surface area (Å²) in [6.45, 7) is 0. The Labute approximate surface area is 191 Å². The molecule has 8 heteroatoms. The minimum absolute atomic E-state index is 0. The minimum Gasteiger partial charge on any atom is -0.508 e. The fourth-order valence-electron chi connectivity index (χ4n) is 2.77. The van der Waals surface area contributed by atoms with E-state index in [1.807, 2.05) is 41.9 Å². The van der Waals surface area contributed by atoms with Crippen molar-refractivity contribution in [2.45, 2.75) is 14.9 Å². The second-order valence-corrected chi connectivity index (χ2v) is 7.24. The van der Waals surface area contributed by atoms with Gasteiger partial charge in [-0.25, -0.2) is 4.98 Å². The molecule has 31 heavy (non-hydrogen) atoms. The molecule has 0 aliphatic rings. The van der Waals surface area contributed by atoms with Crippen LogP contribution < -0.4 is 16.4 Å². The lowest BCUT2D eigenvalue weighted by molar-refractivity contribution is 0.475. The number of nitrogens with one attached hydrogen (secondary N) is 2. The molecule has 0 radical (unpaired) electrons. The van der Waals surface area contributed by atoms with Crippen LogP contribution in [0.4, 0.5) is 23.0 Å². The van der Waals surface area contributed by atoms with Gasteiger partial charge in [0.25, 0.3) is 0 Å². The first-order valence-electron chi connectivity index (χ1n) is 8.81. The SMILES string of the molecule is C.C.CNc1ccc(O)cc1N.Cn1c(Nc2cccc(Br)c2)nc2cc(O)ccc21. The minimum atomic E-state index is 0. The van der Waals surface area contributed by atoms with Crippen LogP contribution in [-0.2, 0) is 7.05 Å². The molecule has 0 fully saturated rings. The topological polar surface area (TPSA) is 108 Å². The van der Waals surface area contributed by atoms with Crippen LogP contribution in [0.3, 0.4) is 0 Å². The monoisotopic (exact) mass is 487 g/mol. The van der Waals surface area contributed by atoms with E-state index in [4.69, 9.17) is 10.8 Å². The average molecular weight is 488 g/mol. The molecular weight excluding hydrogens is 458 g/mol. The van der Waals surface area contributed by atoms with E-state index < -0.39 is 0 Å². The number of phenols is 2. The molecular formula is C23H30BrN5O2. The smallest absolute Gasteiger partial charge is 0.208 e. The molecule has 0 saturated heterocycles. The Morgan fingerprint density at radius 1 is 0.968 bits per heavy atom. The Hall–Kier alpha value is -3.39. The Bertz CT molecular complexity index is 1140. The number of rotatable bonds is 3. The molecule has 4 aromatic rings. The molecule has 3 aromatic carbocycles. The summed E-state index contributed by atoms with van der Waals surface area (Å²) in [5.74, 6) is 1.15. The lowest BCUT2D eigenvalue weighted by Gasteiger charge is -2.06. The van der Waals surface area contributed by atoms with Crippen molar-refractivity contribution < 1.29 is 10.2 Å². The standard InChI is InChI=1S/C14H12BrN3O.C7H10N2O.2CH4/c1-18-13-6-5-11(19)8-12(13)17-14(18)16-10-4-2-3-9(15)7-10;1-9-7-3-2-5(10)4-6(7)8;;/h2-8,19H,1H3,(H,16,17);2-4,9-10H,8H2,1H3;2*1H4. The molecule has 0 aliphatic carbocycles. The fraction of sp³-hybridized carbons (Fsp3) is 0.174. The van der Waals surface area contributed by atoms with E-state index in [9.17, 15) is 5.11 Å². The van der Waals surface area contributed by atoms with Gasteiger partial charge in [-0.3, -0.25) is 0 Å². The van der Waals surface area contributed by atoms with Gasteiger partial charge in [-0.15, -0.1) is 0 Å². The van der Waals surface area contributed by atoms with Crippen molar-refractivity contribution in [1.29, 1.82) is 0 Å². The molecule has 0 saturated carbocycles. The molecule has 0 aliphatic heterocycles. The highest BCUT2D eigenvalue weighted by atomic mass is 79.9. The predicted octanol–water partition coefficient (Wildman–Crippen LogP) is 6.07. The van der Waals surface area contributed by atoms with E-state index in [0.717, 1.165) is 32.8 Å². The number of aryl methyl sites for hydroxylation is 1. The molecule has 1 aromatic heterocycles. The number of nitrogen functional groups attached to an aromatic ring is 1. The van der Waals surface area contributed by atoms with Crippen molar-refractivity contribution in [2.75, 3.05) is 23.4 Å². The van der Waals surface area contributed by atoms with Gasteiger partial charge in [-0.2, -0.15) is 0 Å². The van der Waals surface area contributed by atoms with Gasteiger partial charge in [0, 0.05) is 36.4 Å². The zero-order valence-electron chi connectivity index (χ0n) is 16.0. The summed E-state index contributed by atoms with van der Waals surface area (Å²) < 4.78 is 2.96. The van der Waals surface area contributed by atoms with Crippen molar-refractivity contribution in [1.82, 2.24) is 9.55 Å². The van der Waals surface area contributed by atoms with Crippen LogP contribution in [0.5, 0.6) is 11.5 Å². The fourth-order valence-corrected chi connectivity index (χ4v) is 3.17. The first-order valence-corrected chi connectivity index (χ1v) is 9.61. The van der Waals surface area contributed by atoms with E-state index in [-0.39, 0.29) is 26.4 Å². The molecule has 1 heterocycles. The van der Waals surface area contributed by atoms with E-state index in [1.165, 1.54) is 6.07 Å². The number of aromatic hydroxyl groups is 2. The highest BCUT2D eigenvalue weighted by Gasteiger charge is 2.08. The van der Waals surface area contributed by atoms with Gasteiger partial charge in [0.2, 0.25) is 5.95 Å². The number of aromatic nitrogens is 2. The Morgan fingerprint density at radius 2 is 1.65 bits per heavy atom. The van der Waals surface area contributed by atoms with Crippen LogP contribution in [0.25, 0.3) is 11.0 Å². The number of imidazole rings is 1. The third-order valence-electron chi connectivity index (χ3n) is 4.25. The van der Waals surface area contributed by atoms with Crippen LogP contribution in [0.1, 0.15) is 14.9 Å². The summed E-state index contributed by atoms with van der Waals surface area (Å²) in [5.41, 5.74) is 9.59. The molecule has 0 spiro atoms. The first kappa shape index (κ1) is 25.6. The molecule has 7 nitrogen and oxygen atoms in total. The van der Waals surface area contributed by atoms with Crippen LogP contribution in [0.2, 0.25) is 0 Å². The molecule has 166 valence electrons. The van der Waals surface area contributed by atoms with Crippen molar-refractivity contribution in [3.63, 3.8) is 0 Å². The predicted molar refractivity (Wildman–Crippen MR) is 135 cm³/mol. The third kappa shape index (κ3) is 6.29. The molecule has 0 atom stereocenters. The van der Waals surface area contributed by atoms with Gasteiger partial charge in [-0.05, 0) is 42.5 Å². The molecule has 0 unspecified atom stereocenters. The Morgan fingerprint density at radius 3 is 2.29 bits per heavy atom. The van der Waals surface area contributed by atoms with Gasteiger partial charge in [0.05, 0.1) is 22.4 Å². The lowest BCUT2D eigenvalue weighted by atomic mass is 10.2. The van der Waals surface area contributed by atoms with Crippen LogP contribution in [0, 0.1) is 0 Å². The van der Waals surface area contributed by atoms with Crippen LogP contribution in [-0.4, -0.2) is 26.8 Å². The largest absolute Gasteiger partial charge is 0.508 e. The number of hydrogen-bond acceptors (Lipinski definition) is 6. The van der Waals surface area contributed by atoms with Gasteiger partial charge in [0.15, 0.2) is 0 Å². The van der Waals surface area contributed by atoms with Crippen molar-refractivity contribution in [2.24, 2.45) is 7.05 Å². The van der Waals surface area contributed by atoms with Gasteiger partial charge < -0.3 is 31.1 Å². The highest BCUT2D eigenvalue weighted by Crippen LogP contribution is 2.25. The summed E-state index contributed by atoms with van der Waals surface area (Å²) in [4.78, 5) is 4.47. The number of phenolic OH excluding ortho intramolecular Hbond substituents is 2. The number of hydrogen-bond donors (Lipinski definition) is 5. The lowest BCUT2D eigenvalue weighted by Crippen LogP contribution is -1.98. The molecule has 4 rings (SSSR count). The number of halogens is 1. The maximum atomic E-state index is 9.48. The van der Waals surface area contributed by atoms with E-state index in [1.54, 1.807) is 31.3 Å². The van der Waals surface area contributed by atoms with Crippen molar-refractivity contribution in [3.8, 4) is 11.5 Å².